The van der Waals surface area contributed by atoms with Gasteiger partial charge in [-0.3, -0.25) is 9.59 Å². The zero-order valence-electron chi connectivity index (χ0n) is 17.0. The average molecular weight is 421 g/mol. The maximum Gasteiger partial charge on any atom is 0.246 e. The van der Waals surface area contributed by atoms with Gasteiger partial charge < -0.3 is 16.0 Å². The van der Waals surface area contributed by atoms with Gasteiger partial charge in [0.1, 0.15) is 5.82 Å². The number of nitrogens with one attached hydrogen (secondary N) is 1. The van der Waals surface area contributed by atoms with Crippen molar-refractivity contribution in [3.8, 4) is 0 Å². The molecule has 7 heteroatoms. The second-order valence-electron chi connectivity index (χ2n) is 7.58. The zero-order valence-corrected chi connectivity index (χ0v) is 17.8. The Labute approximate surface area is 179 Å². The van der Waals surface area contributed by atoms with Gasteiger partial charge in [0.25, 0.3) is 0 Å². The van der Waals surface area contributed by atoms with E-state index in [1.54, 1.807) is 34.6 Å². The number of thiophene rings is 1. The second kappa shape index (κ2) is 8.38. The van der Waals surface area contributed by atoms with Crippen LogP contribution in [0.5, 0.6) is 0 Å². The number of hydrogen-bond donors (Lipinski definition) is 2. The number of benzene rings is 1. The van der Waals surface area contributed by atoms with Crippen molar-refractivity contribution in [2.24, 2.45) is 5.73 Å². The number of aromatic nitrogens is 1. The molecule has 6 nitrogen and oxygen atoms in total. The van der Waals surface area contributed by atoms with Gasteiger partial charge in [0.05, 0.1) is 12.6 Å². The fraction of sp³-hybridized carbons (Fsp3) is 0.261. The molecule has 0 fully saturated rings. The lowest BCUT2D eigenvalue weighted by Gasteiger charge is -2.14. The van der Waals surface area contributed by atoms with E-state index >= 15 is 0 Å². The summed E-state index contributed by atoms with van der Waals surface area (Å²) in [7, 11) is 1.81. The molecular weight excluding hydrogens is 396 g/mol. The van der Waals surface area contributed by atoms with Crippen molar-refractivity contribution in [1.82, 2.24) is 9.88 Å². The van der Waals surface area contributed by atoms with E-state index in [1.807, 2.05) is 25.2 Å². The number of likely N-dealkylation sites (N-methyl/N-ethyl adjacent to an activating group) is 1. The van der Waals surface area contributed by atoms with E-state index in [2.05, 4.69) is 29.4 Å². The van der Waals surface area contributed by atoms with E-state index in [0.717, 1.165) is 11.1 Å². The normalized spacial score (nSPS) is 16.4. The number of nitrogens with two attached hydrogens (primary N) is 1. The largest absolute Gasteiger partial charge is 0.337 e. The number of nitrogens with zero attached hydrogens (tertiary/aromatic N) is 2. The third-order valence-corrected chi connectivity index (χ3v) is 6.67. The summed E-state index contributed by atoms with van der Waals surface area (Å²) in [5, 5.41) is 4.00. The van der Waals surface area contributed by atoms with Crippen LogP contribution in [0.1, 0.15) is 28.0 Å². The Morgan fingerprint density at radius 1 is 1.40 bits per heavy atom. The van der Waals surface area contributed by atoms with Crippen LogP contribution in [0.3, 0.4) is 0 Å². The summed E-state index contributed by atoms with van der Waals surface area (Å²) in [6, 6.07) is 9.72. The summed E-state index contributed by atoms with van der Waals surface area (Å²) in [5.41, 5.74) is 8.80. The summed E-state index contributed by atoms with van der Waals surface area (Å²) in [4.78, 5) is 31.7. The highest BCUT2D eigenvalue weighted by Gasteiger charge is 2.21. The molecule has 0 spiro atoms. The molecule has 4 rings (SSSR count). The molecule has 0 aliphatic carbocycles. The highest BCUT2D eigenvalue weighted by atomic mass is 32.1. The summed E-state index contributed by atoms with van der Waals surface area (Å²) in [5.74, 6) is 0.267. The zero-order chi connectivity index (χ0) is 21.3. The standard InChI is InChI=1S/C23H24N4O2S/c1-14-17-5-3-4-6-19(17)30-20(14)13-27(2)21(28)10-7-15-11-16-8-9-18(24)23(29)26-22(16)25-12-15/h3-7,10-12,18H,8-9,13,24H2,1-2H3,(H,25,26,29)/b10-7+. The van der Waals surface area contributed by atoms with E-state index < -0.39 is 6.04 Å². The van der Waals surface area contributed by atoms with Crippen molar-refractivity contribution in [3.63, 3.8) is 0 Å². The van der Waals surface area contributed by atoms with Gasteiger partial charge in [-0.1, -0.05) is 18.2 Å². The Morgan fingerprint density at radius 2 is 2.20 bits per heavy atom. The van der Waals surface area contributed by atoms with Crippen molar-refractivity contribution in [2.75, 3.05) is 12.4 Å². The number of anilines is 1. The molecular formula is C23H24N4O2S. The first kappa shape index (κ1) is 20.3. The van der Waals surface area contributed by atoms with Crippen molar-refractivity contribution in [2.45, 2.75) is 32.4 Å². The van der Waals surface area contributed by atoms with Gasteiger partial charge in [-0.2, -0.15) is 0 Å². The van der Waals surface area contributed by atoms with Crippen LogP contribution in [0.25, 0.3) is 16.2 Å². The lowest BCUT2D eigenvalue weighted by Crippen LogP contribution is -2.34. The molecule has 1 aliphatic rings. The molecule has 2 amide bonds. The van der Waals surface area contributed by atoms with Crippen LogP contribution in [-0.4, -0.2) is 34.8 Å². The first-order valence-corrected chi connectivity index (χ1v) is 10.7. The minimum Gasteiger partial charge on any atom is -0.337 e. The Kier molecular flexibility index (Phi) is 5.65. The molecule has 0 bridgehead atoms. The number of carbonyl (C=O) groups is 2. The number of aryl methyl sites for hydroxylation is 2. The number of carbonyl (C=O) groups excluding carboxylic acids is 2. The SMILES string of the molecule is Cc1c(CN(C)C(=O)/C=C/c2cnc3c(c2)CCC(N)C(=O)N3)sc2ccccc12. The van der Waals surface area contributed by atoms with Crippen LogP contribution in [0.2, 0.25) is 0 Å². The molecule has 0 saturated carbocycles. The molecule has 154 valence electrons. The summed E-state index contributed by atoms with van der Waals surface area (Å²) < 4.78 is 1.24. The highest BCUT2D eigenvalue weighted by molar-refractivity contribution is 7.19. The summed E-state index contributed by atoms with van der Waals surface area (Å²) in [6.45, 7) is 2.68. The molecule has 1 aliphatic heterocycles. The molecule has 3 heterocycles. The minimum absolute atomic E-state index is 0.0721. The number of amides is 2. The molecule has 1 aromatic carbocycles. The van der Waals surface area contributed by atoms with Gasteiger partial charge in [0.15, 0.2) is 0 Å². The lowest BCUT2D eigenvalue weighted by molar-refractivity contribution is -0.125. The topological polar surface area (TPSA) is 88.3 Å². The quantitative estimate of drug-likeness (QED) is 0.633. The predicted molar refractivity (Wildman–Crippen MR) is 121 cm³/mol. The fourth-order valence-corrected chi connectivity index (χ4v) is 4.80. The molecule has 0 saturated heterocycles. The first-order chi connectivity index (χ1) is 14.4. The van der Waals surface area contributed by atoms with Gasteiger partial charge in [0.2, 0.25) is 11.8 Å². The van der Waals surface area contributed by atoms with E-state index in [4.69, 9.17) is 5.73 Å². The number of hydrogen-bond acceptors (Lipinski definition) is 5. The lowest BCUT2D eigenvalue weighted by atomic mass is 10.1. The van der Waals surface area contributed by atoms with Gasteiger partial charge in [-0.25, -0.2) is 4.98 Å². The smallest absolute Gasteiger partial charge is 0.246 e. The number of pyridine rings is 1. The summed E-state index contributed by atoms with van der Waals surface area (Å²) in [6.07, 6.45) is 6.21. The Bertz CT molecular complexity index is 1150. The van der Waals surface area contributed by atoms with Gasteiger partial charge >= 0.3 is 0 Å². The van der Waals surface area contributed by atoms with Crippen molar-refractivity contribution < 1.29 is 9.59 Å². The third kappa shape index (κ3) is 4.13. The maximum atomic E-state index is 12.6. The molecule has 1 atom stereocenters. The van der Waals surface area contributed by atoms with Crippen LogP contribution < -0.4 is 11.1 Å². The molecule has 3 aromatic rings. The Hall–Kier alpha value is -3.03. The van der Waals surface area contributed by atoms with Crippen molar-refractivity contribution in [3.05, 3.63) is 64.2 Å². The van der Waals surface area contributed by atoms with Crippen molar-refractivity contribution in [1.29, 1.82) is 0 Å². The molecule has 1 unspecified atom stereocenters. The average Bonchev–Trinajstić information content (AvgIpc) is 2.98. The van der Waals surface area contributed by atoms with Crippen LogP contribution in [0.15, 0.2) is 42.6 Å². The predicted octanol–water partition coefficient (Wildman–Crippen LogP) is 3.49. The highest BCUT2D eigenvalue weighted by Crippen LogP contribution is 2.31. The van der Waals surface area contributed by atoms with Gasteiger partial charge in [-0.05, 0) is 60.1 Å². The van der Waals surface area contributed by atoms with Crippen LogP contribution in [0.4, 0.5) is 5.82 Å². The number of rotatable bonds is 4. The van der Waals surface area contributed by atoms with Crippen LogP contribution in [0, 0.1) is 6.92 Å². The maximum absolute atomic E-state index is 12.6. The monoisotopic (exact) mass is 420 g/mol. The second-order valence-corrected chi connectivity index (χ2v) is 8.72. The fourth-order valence-electron chi connectivity index (χ4n) is 3.54. The van der Waals surface area contributed by atoms with E-state index in [0.29, 0.717) is 25.2 Å². The molecule has 30 heavy (non-hydrogen) atoms. The van der Waals surface area contributed by atoms with Gasteiger partial charge in [0, 0.05) is 28.9 Å². The number of fused-ring (bicyclic) bond motifs is 2. The third-order valence-electron chi connectivity index (χ3n) is 5.41. The molecule has 3 N–H and O–H groups in total. The minimum atomic E-state index is -0.522. The van der Waals surface area contributed by atoms with E-state index in [9.17, 15) is 9.59 Å². The van der Waals surface area contributed by atoms with Gasteiger partial charge in [-0.15, -0.1) is 11.3 Å². The molecule has 0 radical (unpaired) electrons. The first-order valence-electron chi connectivity index (χ1n) is 9.88. The molecule has 2 aromatic heterocycles. The summed E-state index contributed by atoms with van der Waals surface area (Å²) >= 11 is 1.73. The van der Waals surface area contributed by atoms with E-state index in [-0.39, 0.29) is 11.8 Å². The van der Waals surface area contributed by atoms with Crippen molar-refractivity contribution >= 4 is 45.1 Å². The Balaban J connectivity index is 1.45. The Morgan fingerprint density at radius 3 is 3.00 bits per heavy atom. The van der Waals surface area contributed by atoms with Crippen LogP contribution in [-0.2, 0) is 22.6 Å². The van der Waals surface area contributed by atoms with Crippen LogP contribution >= 0.6 is 11.3 Å². The van der Waals surface area contributed by atoms with E-state index in [1.165, 1.54) is 20.5 Å².